The summed E-state index contributed by atoms with van der Waals surface area (Å²) in [5.41, 5.74) is 4.41. The third-order valence-electron chi connectivity index (χ3n) is 2.59. The Hall–Kier alpha value is -2.01. The van der Waals surface area contributed by atoms with Crippen LogP contribution in [0, 0.1) is 0 Å². The lowest BCUT2D eigenvalue weighted by atomic mass is 10.1. The van der Waals surface area contributed by atoms with Crippen molar-refractivity contribution < 1.29 is 9.90 Å². The van der Waals surface area contributed by atoms with Crippen LogP contribution in [0.25, 0.3) is 10.9 Å². The quantitative estimate of drug-likeness (QED) is 0.794. The van der Waals surface area contributed by atoms with Crippen molar-refractivity contribution in [1.29, 1.82) is 0 Å². The van der Waals surface area contributed by atoms with Gasteiger partial charge in [0.25, 0.3) is 11.5 Å². The number of aromatic nitrogens is 1. The maximum atomic E-state index is 11.8. The smallest absolute Gasteiger partial charge is 0.267 e. The first-order chi connectivity index (χ1) is 7.95. The summed E-state index contributed by atoms with van der Waals surface area (Å²) in [6, 6.07) is 4.82. The molecule has 1 aromatic carbocycles. The first-order valence-electron chi connectivity index (χ1n) is 4.75. The minimum atomic E-state index is -0.982. The summed E-state index contributed by atoms with van der Waals surface area (Å²) in [5.74, 6) is -1.45. The Morgan fingerprint density at radius 2 is 2.12 bits per heavy atom. The van der Waals surface area contributed by atoms with Gasteiger partial charge in [0.15, 0.2) is 0 Å². The lowest BCUT2D eigenvalue weighted by molar-refractivity contribution is 0.0996. The zero-order valence-corrected chi connectivity index (χ0v) is 9.65. The number of nitrogens with two attached hydrogens (primary N) is 1. The Kier molecular flexibility index (Phi) is 2.55. The molecule has 1 heterocycles. The van der Waals surface area contributed by atoms with Gasteiger partial charge in [-0.1, -0.05) is 17.7 Å². The lowest BCUT2D eigenvalue weighted by Gasteiger charge is -2.10. The van der Waals surface area contributed by atoms with Crippen LogP contribution in [0.2, 0.25) is 5.02 Å². The number of amides is 1. The predicted octanol–water partition coefficient (Wildman–Crippen LogP) is 0.996. The Morgan fingerprint density at radius 1 is 1.47 bits per heavy atom. The number of aromatic hydroxyl groups is 1. The van der Waals surface area contributed by atoms with Crippen LogP contribution in [0.3, 0.4) is 0 Å². The van der Waals surface area contributed by atoms with Gasteiger partial charge in [-0.15, -0.1) is 0 Å². The Balaban J connectivity index is 3.13. The highest BCUT2D eigenvalue weighted by Gasteiger charge is 2.20. The van der Waals surface area contributed by atoms with Gasteiger partial charge in [0, 0.05) is 7.05 Å². The van der Waals surface area contributed by atoms with E-state index in [1.165, 1.54) is 11.6 Å². The molecule has 2 aromatic rings. The SMILES string of the molecule is Cn1c(=O)c(C(N)=O)c(O)c2c(Cl)cccc21. The number of hydrogen-bond donors (Lipinski definition) is 2. The molecular formula is C11H9ClN2O3. The molecule has 0 aliphatic rings. The molecule has 0 atom stereocenters. The second-order valence-corrected chi connectivity index (χ2v) is 3.99. The summed E-state index contributed by atoms with van der Waals surface area (Å²) < 4.78 is 1.22. The van der Waals surface area contributed by atoms with Crippen LogP contribution in [0.1, 0.15) is 10.4 Å². The van der Waals surface area contributed by atoms with Crippen molar-refractivity contribution >= 4 is 28.4 Å². The number of primary amides is 1. The molecule has 0 spiro atoms. The van der Waals surface area contributed by atoms with Gasteiger partial charge in [-0.05, 0) is 12.1 Å². The molecule has 0 aliphatic heterocycles. The number of benzene rings is 1. The molecule has 6 heteroatoms. The van der Waals surface area contributed by atoms with Crippen molar-refractivity contribution in [2.45, 2.75) is 0 Å². The van der Waals surface area contributed by atoms with Crippen LogP contribution in [0.15, 0.2) is 23.0 Å². The van der Waals surface area contributed by atoms with Crippen molar-refractivity contribution in [3.05, 3.63) is 39.1 Å². The normalized spacial score (nSPS) is 10.7. The van der Waals surface area contributed by atoms with Crippen molar-refractivity contribution in [1.82, 2.24) is 4.57 Å². The summed E-state index contributed by atoms with van der Waals surface area (Å²) in [6.45, 7) is 0. The van der Waals surface area contributed by atoms with Crippen LogP contribution in [0.5, 0.6) is 5.75 Å². The monoisotopic (exact) mass is 252 g/mol. The maximum Gasteiger partial charge on any atom is 0.267 e. The van der Waals surface area contributed by atoms with Crippen LogP contribution in [-0.4, -0.2) is 15.6 Å². The third kappa shape index (κ3) is 1.55. The molecule has 0 saturated heterocycles. The molecule has 88 valence electrons. The number of hydrogen-bond acceptors (Lipinski definition) is 3. The van der Waals surface area contributed by atoms with Gasteiger partial charge < -0.3 is 15.4 Å². The molecule has 17 heavy (non-hydrogen) atoms. The van der Waals surface area contributed by atoms with E-state index < -0.39 is 22.8 Å². The standard InChI is InChI=1S/C11H9ClN2O3/c1-14-6-4-2-3-5(12)7(6)9(15)8(10(13)16)11(14)17/h2-4,15H,1H3,(H2,13,16). The van der Waals surface area contributed by atoms with E-state index in [1.54, 1.807) is 18.2 Å². The Bertz CT molecular complexity index is 691. The van der Waals surface area contributed by atoms with Gasteiger partial charge in [0.2, 0.25) is 0 Å². The molecule has 2 rings (SSSR count). The van der Waals surface area contributed by atoms with E-state index in [4.69, 9.17) is 17.3 Å². The fourth-order valence-electron chi connectivity index (χ4n) is 1.75. The van der Waals surface area contributed by atoms with Crippen LogP contribution in [0.4, 0.5) is 0 Å². The minimum Gasteiger partial charge on any atom is -0.506 e. The number of nitrogens with zero attached hydrogens (tertiary/aromatic N) is 1. The zero-order chi connectivity index (χ0) is 12.7. The molecule has 0 fully saturated rings. The highest BCUT2D eigenvalue weighted by atomic mass is 35.5. The van der Waals surface area contributed by atoms with Crippen LogP contribution >= 0.6 is 11.6 Å². The van der Waals surface area contributed by atoms with Gasteiger partial charge in [-0.2, -0.15) is 0 Å². The highest BCUT2D eigenvalue weighted by Crippen LogP contribution is 2.31. The molecular weight excluding hydrogens is 244 g/mol. The Labute approximate surface area is 101 Å². The van der Waals surface area contributed by atoms with Crippen molar-refractivity contribution in [3.8, 4) is 5.75 Å². The molecule has 0 saturated carbocycles. The number of pyridine rings is 1. The topological polar surface area (TPSA) is 85.3 Å². The average molecular weight is 253 g/mol. The summed E-state index contributed by atoms with van der Waals surface area (Å²) in [4.78, 5) is 23.0. The van der Waals surface area contributed by atoms with E-state index in [2.05, 4.69) is 0 Å². The maximum absolute atomic E-state index is 11.8. The average Bonchev–Trinajstić information content (AvgIpc) is 2.25. The fraction of sp³-hybridized carbons (Fsp3) is 0.0909. The first-order valence-corrected chi connectivity index (χ1v) is 5.13. The zero-order valence-electron chi connectivity index (χ0n) is 8.90. The summed E-state index contributed by atoms with van der Waals surface area (Å²) in [7, 11) is 1.48. The predicted molar refractivity (Wildman–Crippen MR) is 64.4 cm³/mol. The fourth-order valence-corrected chi connectivity index (χ4v) is 2.01. The van der Waals surface area contributed by atoms with E-state index in [-0.39, 0.29) is 10.4 Å². The van der Waals surface area contributed by atoms with E-state index in [0.29, 0.717) is 5.52 Å². The molecule has 3 N–H and O–H groups in total. The third-order valence-corrected chi connectivity index (χ3v) is 2.91. The van der Waals surface area contributed by atoms with Crippen molar-refractivity contribution in [2.75, 3.05) is 0 Å². The highest BCUT2D eigenvalue weighted by molar-refractivity contribution is 6.36. The van der Waals surface area contributed by atoms with E-state index in [9.17, 15) is 14.7 Å². The molecule has 0 unspecified atom stereocenters. The number of carbonyl (C=O) groups is 1. The minimum absolute atomic E-state index is 0.241. The summed E-state index contributed by atoms with van der Waals surface area (Å²) in [6.07, 6.45) is 0. The molecule has 0 radical (unpaired) electrons. The lowest BCUT2D eigenvalue weighted by Crippen LogP contribution is -2.28. The molecule has 1 aromatic heterocycles. The molecule has 1 amide bonds. The molecule has 5 nitrogen and oxygen atoms in total. The number of halogens is 1. The van der Waals surface area contributed by atoms with E-state index >= 15 is 0 Å². The summed E-state index contributed by atoms with van der Waals surface area (Å²) in [5, 5.41) is 10.4. The second kappa shape index (κ2) is 3.78. The van der Waals surface area contributed by atoms with Crippen LogP contribution < -0.4 is 11.3 Å². The van der Waals surface area contributed by atoms with Gasteiger partial charge in [0.05, 0.1) is 15.9 Å². The van der Waals surface area contributed by atoms with E-state index in [0.717, 1.165) is 0 Å². The number of carbonyl (C=O) groups excluding carboxylic acids is 1. The van der Waals surface area contributed by atoms with Crippen molar-refractivity contribution in [2.24, 2.45) is 12.8 Å². The van der Waals surface area contributed by atoms with Crippen molar-refractivity contribution in [3.63, 3.8) is 0 Å². The van der Waals surface area contributed by atoms with Gasteiger partial charge in [0.1, 0.15) is 11.3 Å². The largest absolute Gasteiger partial charge is 0.506 e. The van der Waals surface area contributed by atoms with E-state index in [1.807, 2.05) is 0 Å². The number of rotatable bonds is 1. The summed E-state index contributed by atoms with van der Waals surface area (Å²) >= 11 is 5.94. The number of aryl methyl sites for hydroxylation is 1. The molecule has 0 aliphatic carbocycles. The molecule has 0 bridgehead atoms. The first kappa shape index (κ1) is 11.5. The number of fused-ring (bicyclic) bond motifs is 1. The van der Waals surface area contributed by atoms with Gasteiger partial charge in [-0.3, -0.25) is 9.59 Å². The second-order valence-electron chi connectivity index (χ2n) is 3.59. The van der Waals surface area contributed by atoms with Gasteiger partial charge >= 0.3 is 0 Å². The van der Waals surface area contributed by atoms with Crippen LogP contribution in [-0.2, 0) is 7.05 Å². The van der Waals surface area contributed by atoms with Gasteiger partial charge in [-0.25, -0.2) is 0 Å². The Morgan fingerprint density at radius 3 is 2.71 bits per heavy atom.